The first-order valence-corrected chi connectivity index (χ1v) is 5.91. The number of benzene rings is 1. The molecule has 0 radical (unpaired) electrons. The molecule has 1 N–H and O–H groups in total. The van der Waals surface area contributed by atoms with E-state index in [2.05, 4.69) is 17.2 Å². The Balaban J connectivity index is 2.31. The van der Waals surface area contributed by atoms with Crippen molar-refractivity contribution in [1.82, 2.24) is 10.3 Å². The highest BCUT2D eigenvalue weighted by molar-refractivity contribution is 7.15. The lowest BCUT2D eigenvalue weighted by Crippen LogP contribution is -2.10. The summed E-state index contributed by atoms with van der Waals surface area (Å²) in [5, 5.41) is 4.01. The number of nitrogens with zero attached hydrogens (tertiary/aromatic N) is 1. The molecule has 1 atom stereocenters. The molecule has 16 heavy (non-hydrogen) atoms. The predicted octanol–water partition coefficient (Wildman–Crippen LogP) is 3.23. The third-order valence-corrected chi connectivity index (χ3v) is 3.68. The van der Waals surface area contributed by atoms with Gasteiger partial charge in [-0.25, -0.2) is 9.37 Å². The summed E-state index contributed by atoms with van der Waals surface area (Å²) in [6, 6.07) is 6.80. The van der Waals surface area contributed by atoms with Gasteiger partial charge in [0.25, 0.3) is 0 Å². The van der Waals surface area contributed by atoms with Gasteiger partial charge < -0.3 is 5.32 Å². The van der Waals surface area contributed by atoms with Crippen molar-refractivity contribution >= 4 is 11.3 Å². The van der Waals surface area contributed by atoms with E-state index < -0.39 is 0 Å². The van der Waals surface area contributed by atoms with E-state index in [1.54, 1.807) is 17.4 Å². The van der Waals surface area contributed by atoms with Crippen LogP contribution in [0.1, 0.15) is 17.8 Å². The first kappa shape index (κ1) is 11.2. The summed E-state index contributed by atoms with van der Waals surface area (Å²) in [5.41, 5.74) is 0.833. The van der Waals surface area contributed by atoms with Crippen molar-refractivity contribution in [2.45, 2.75) is 13.0 Å². The van der Waals surface area contributed by atoms with E-state index in [0.29, 0.717) is 0 Å². The highest BCUT2D eigenvalue weighted by atomic mass is 32.1. The monoisotopic (exact) mass is 236 g/mol. The lowest BCUT2D eigenvalue weighted by molar-refractivity contribution is 0.628. The molecule has 0 spiro atoms. The molecule has 0 bridgehead atoms. The van der Waals surface area contributed by atoms with Crippen molar-refractivity contribution in [2.24, 2.45) is 0 Å². The van der Waals surface area contributed by atoms with Crippen LogP contribution in [0.2, 0.25) is 0 Å². The van der Waals surface area contributed by atoms with Crippen LogP contribution in [0.5, 0.6) is 0 Å². The van der Waals surface area contributed by atoms with Gasteiger partial charge >= 0.3 is 0 Å². The maximum absolute atomic E-state index is 13.0. The van der Waals surface area contributed by atoms with Gasteiger partial charge in [0.15, 0.2) is 0 Å². The molecule has 0 amide bonds. The molecule has 1 unspecified atom stereocenters. The fourth-order valence-electron chi connectivity index (χ4n) is 1.38. The molecule has 0 fully saturated rings. The minimum Gasteiger partial charge on any atom is -0.312 e. The highest BCUT2D eigenvalue weighted by Crippen LogP contribution is 2.28. The summed E-state index contributed by atoms with van der Waals surface area (Å²) in [6.07, 6.45) is 1.84. The summed E-state index contributed by atoms with van der Waals surface area (Å²) in [4.78, 5) is 5.46. The molecular weight excluding hydrogens is 223 g/mol. The van der Waals surface area contributed by atoms with Crippen molar-refractivity contribution in [3.63, 3.8) is 0 Å². The minimum absolute atomic E-state index is 0.226. The van der Waals surface area contributed by atoms with Gasteiger partial charge in [-0.1, -0.05) is 12.1 Å². The number of aromatic nitrogens is 1. The average molecular weight is 236 g/mol. The third kappa shape index (κ3) is 2.28. The fourth-order valence-corrected chi connectivity index (χ4v) is 2.36. The molecule has 2 nitrogen and oxygen atoms in total. The SMILES string of the molecule is CNC(C)c1cnc(-c2cccc(F)c2)s1. The van der Waals surface area contributed by atoms with Crippen molar-refractivity contribution in [1.29, 1.82) is 0 Å². The van der Waals surface area contributed by atoms with Gasteiger partial charge in [0, 0.05) is 22.7 Å². The van der Waals surface area contributed by atoms with E-state index in [1.807, 2.05) is 19.3 Å². The van der Waals surface area contributed by atoms with E-state index >= 15 is 0 Å². The number of hydrogen-bond donors (Lipinski definition) is 1. The molecule has 0 aliphatic carbocycles. The Morgan fingerprint density at radius 3 is 2.94 bits per heavy atom. The fraction of sp³-hybridized carbons (Fsp3) is 0.250. The number of halogens is 1. The second kappa shape index (κ2) is 4.72. The van der Waals surface area contributed by atoms with Gasteiger partial charge in [0.05, 0.1) is 0 Å². The van der Waals surface area contributed by atoms with E-state index in [-0.39, 0.29) is 11.9 Å². The molecule has 4 heteroatoms. The zero-order valence-electron chi connectivity index (χ0n) is 9.20. The average Bonchev–Trinajstić information content (AvgIpc) is 2.77. The topological polar surface area (TPSA) is 24.9 Å². The Morgan fingerprint density at radius 2 is 2.25 bits per heavy atom. The number of hydrogen-bond acceptors (Lipinski definition) is 3. The highest BCUT2D eigenvalue weighted by Gasteiger charge is 2.09. The number of thiazole rings is 1. The smallest absolute Gasteiger partial charge is 0.123 e. The quantitative estimate of drug-likeness (QED) is 0.885. The number of rotatable bonds is 3. The molecule has 84 valence electrons. The molecule has 0 aliphatic heterocycles. The standard InChI is InChI=1S/C12H13FN2S/c1-8(14-2)11-7-15-12(16-11)9-4-3-5-10(13)6-9/h3-8,14H,1-2H3. The molecule has 0 saturated carbocycles. The molecular formula is C12H13FN2S. The van der Waals surface area contributed by atoms with E-state index in [1.165, 1.54) is 12.1 Å². The molecule has 2 aromatic rings. The zero-order valence-corrected chi connectivity index (χ0v) is 10.0. The second-order valence-corrected chi connectivity index (χ2v) is 4.65. The summed E-state index contributed by atoms with van der Waals surface area (Å²) < 4.78 is 13.0. The normalized spacial score (nSPS) is 12.7. The first-order valence-electron chi connectivity index (χ1n) is 5.09. The van der Waals surface area contributed by atoms with Crippen LogP contribution in [0.15, 0.2) is 30.5 Å². The van der Waals surface area contributed by atoms with Crippen LogP contribution in [-0.4, -0.2) is 12.0 Å². The van der Waals surface area contributed by atoms with Gasteiger partial charge in [-0.05, 0) is 26.1 Å². The van der Waals surface area contributed by atoms with Crippen LogP contribution in [-0.2, 0) is 0 Å². The van der Waals surface area contributed by atoms with Crippen molar-refractivity contribution in [3.05, 3.63) is 41.2 Å². The second-order valence-electron chi connectivity index (χ2n) is 3.59. The van der Waals surface area contributed by atoms with Gasteiger partial charge in [0.2, 0.25) is 0 Å². The molecule has 0 saturated heterocycles. The largest absolute Gasteiger partial charge is 0.312 e. The molecule has 1 aromatic heterocycles. The molecule has 0 aliphatic rings. The Labute approximate surface area is 98.2 Å². The van der Waals surface area contributed by atoms with E-state index in [0.717, 1.165) is 15.4 Å². The Hall–Kier alpha value is -1.26. The van der Waals surface area contributed by atoms with Crippen LogP contribution >= 0.6 is 11.3 Å². The van der Waals surface area contributed by atoms with Crippen LogP contribution < -0.4 is 5.32 Å². The van der Waals surface area contributed by atoms with Crippen molar-refractivity contribution in [2.75, 3.05) is 7.05 Å². The van der Waals surface area contributed by atoms with Gasteiger partial charge in [0.1, 0.15) is 10.8 Å². The maximum Gasteiger partial charge on any atom is 0.123 e. The molecule has 1 aromatic carbocycles. The summed E-state index contributed by atoms with van der Waals surface area (Å²) in [7, 11) is 1.91. The van der Waals surface area contributed by atoms with Crippen LogP contribution in [0, 0.1) is 5.82 Å². The van der Waals surface area contributed by atoms with E-state index in [9.17, 15) is 4.39 Å². The van der Waals surface area contributed by atoms with Gasteiger partial charge in [-0.2, -0.15) is 0 Å². The van der Waals surface area contributed by atoms with Crippen molar-refractivity contribution in [3.8, 4) is 10.6 Å². The lowest BCUT2D eigenvalue weighted by Gasteiger charge is -2.04. The third-order valence-electron chi connectivity index (χ3n) is 2.45. The van der Waals surface area contributed by atoms with Crippen LogP contribution in [0.4, 0.5) is 4.39 Å². The van der Waals surface area contributed by atoms with Crippen LogP contribution in [0.3, 0.4) is 0 Å². The Kier molecular flexibility index (Phi) is 3.31. The predicted molar refractivity (Wildman–Crippen MR) is 65.0 cm³/mol. The van der Waals surface area contributed by atoms with Gasteiger partial charge in [-0.15, -0.1) is 11.3 Å². The molecule has 2 rings (SSSR count). The van der Waals surface area contributed by atoms with Gasteiger partial charge in [-0.3, -0.25) is 0 Å². The summed E-state index contributed by atoms with van der Waals surface area (Å²) in [6.45, 7) is 2.07. The maximum atomic E-state index is 13.0. The summed E-state index contributed by atoms with van der Waals surface area (Å²) >= 11 is 1.59. The Morgan fingerprint density at radius 1 is 1.44 bits per heavy atom. The van der Waals surface area contributed by atoms with Crippen molar-refractivity contribution < 1.29 is 4.39 Å². The number of nitrogens with one attached hydrogen (secondary N) is 1. The minimum atomic E-state index is -0.226. The summed E-state index contributed by atoms with van der Waals surface area (Å²) in [5.74, 6) is -0.226. The van der Waals surface area contributed by atoms with E-state index in [4.69, 9.17) is 0 Å². The Bertz CT molecular complexity index is 481. The van der Waals surface area contributed by atoms with Crippen LogP contribution in [0.25, 0.3) is 10.6 Å². The lowest BCUT2D eigenvalue weighted by atomic mass is 10.2. The first-order chi connectivity index (χ1) is 7.70. The zero-order chi connectivity index (χ0) is 11.5. The molecule has 1 heterocycles.